The maximum absolute atomic E-state index is 12.5. The number of nitrogens with zero attached hydrogens (tertiary/aromatic N) is 1. The lowest BCUT2D eigenvalue weighted by Gasteiger charge is -2.10. The Labute approximate surface area is 163 Å². The number of nitrogens with one attached hydrogen (secondary N) is 2. The number of aromatic nitrogens is 1. The minimum atomic E-state index is -0.199. The van der Waals surface area contributed by atoms with Crippen LogP contribution < -0.4 is 15.4 Å². The molecule has 0 aliphatic heterocycles. The van der Waals surface area contributed by atoms with E-state index in [1.165, 1.54) is 0 Å². The number of ether oxygens (including phenoxy) is 1. The molecule has 0 unspecified atom stereocenters. The minimum absolute atomic E-state index is 0.199. The Hall–Kier alpha value is -3.05. The molecule has 27 heavy (non-hydrogen) atoms. The van der Waals surface area contributed by atoms with E-state index in [2.05, 4.69) is 15.6 Å². The zero-order chi connectivity index (χ0) is 19.2. The van der Waals surface area contributed by atoms with Gasteiger partial charge in [0, 0.05) is 29.0 Å². The van der Waals surface area contributed by atoms with Gasteiger partial charge in [-0.2, -0.15) is 0 Å². The third kappa shape index (κ3) is 4.99. The quantitative estimate of drug-likeness (QED) is 0.636. The number of amides is 1. The normalized spacial score (nSPS) is 10.3. The average Bonchev–Trinajstić information content (AvgIpc) is 2.69. The van der Waals surface area contributed by atoms with Crippen molar-refractivity contribution in [3.8, 4) is 5.75 Å². The summed E-state index contributed by atoms with van der Waals surface area (Å²) in [6.45, 7) is 2.49. The highest BCUT2D eigenvalue weighted by Gasteiger charge is 2.09. The molecule has 1 aromatic heterocycles. The second-order valence-corrected chi connectivity index (χ2v) is 6.48. The fraction of sp³-hybridized carbons (Fsp3) is 0.143. The van der Waals surface area contributed by atoms with Gasteiger partial charge in [-0.25, -0.2) is 4.98 Å². The van der Waals surface area contributed by atoms with Crippen molar-refractivity contribution in [1.29, 1.82) is 0 Å². The second-order valence-electron chi connectivity index (χ2n) is 6.04. The molecule has 0 fully saturated rings. The summed E-state index contributed by atoms with van der Waals surface area (Å²) < 4.78 is 5.15. The third-order valence-electron chi connectivity index (χ3n) is 4.09. The predicted molar refractivity (Wildman–Crippen MR) is 109 cm³/mol. The number of hydrogen-bond donors (Lipinski definition) is 2. The molecule has 0 spiro atoms. The number of rotatable bonds is 6. The smallest absolute Gasteiger partial charge is 0.255 e. The number of pyridine rings is 1. The van der Waals surface area contributed by atoms with E-state index in [0.29, 0.717) is 22.9 Å². The Morgan fingerprint density at radius 2 is 1.89 bits per heavy atom. The summed E-state index contributed by atoms with van der Waals surface area (Å²) in [6, 6.07) is 16.5. The molecule has 138 valence electrons. The van der Waals surface area contributed by atoms with Crippen LogP contribution in [0.25, 0.3) is 0 Å². The van der Waals surface area contributed by atoms with Crippen molar-refractivity contribution in [1.82, 2.24) is 4.98 Å². The van der Waals surface area contributed by atoms with Crippen molar-refractivity contribution in [2.24, 2.45) is 0 Å². The molecule has 0 bridgehead atoms. The number of anilines is 2. The molecular formula is C21H20ClN3O2. The molecular weight excluding hydrogens is 362 g/mol. The minimum Gasteiger partial charge on any atom is -0.497 e. The van der Waals surface area contributed by atoms with Crippen molar-refractivity contribution >= 4 is 29.0 Å². The van der Waals surface area contributed by atoms with Gasteiger partial charge in [-0.05, 0) is 60.5 Å². The average molecular weight is 382 g/mol. The molecule has 0 saturated carbocycles. The van der Waals surface area contributed by atoms with Crippen LogP contribution in [0.5, 0.6) is 5.75 Å². The van der Waals surface area contributed by atoms with Crippen molar-refractivity contribution in [2.45, 2.75) is 13.5 Å². The van der Waals surface area contributed by atoms with Crippen LogP contribution in [0.1, 0.15) is 21.5 Å². The van der Waals surface area contributed by atoms with Gasteiger partial charge in [-0.1, -0.05) is 23.7 Å². The van der Waals surface area contributed by atoms with Crippen molar-refractivity contribution in [3.63, 3.8) is 0 Å². The molecule has 1 heterocycles. The molecule has 5 nitrogen and oxygen atoms in total. The zero-order valence-corrected chi connectivity index (χ0v) is 15.9. The number of aryl methyl sites for hydroxylation is 1. The van der Waals surface area contributed by atoms with Gasteiger partial charge < -0.3 is 15.4 Å². The second kappa shape index (κ2) is 8.56. The van der Waals surface area contributed by atoms with E-state index in [9.17, 15) is 4.79 Å². The molecule has 1 amide bonds. The molecule has 6 heteroatoms. The summed E-state index contributed by atoms with van der Waals surface area (Å²) >= 11 is 5.96. The Bertz CT molecular complexity index is 942. The standard InChI is InChI=1S/C21H20ClN3O2/c1-14-11-17(22)5-8-19(14)25-21(26)16-9-10-23-20(12-16)24-13-15-3-6-18(27-2)7-4-15/h3-12H,13H2,1-2H3,(H,23,24)(H,25,26). The maximum Gasteiger partial charge on any atom is 0.255 e. The Kier molecular flexibility index (Phi) is 5.94. The van der Waals surface area contributed by atoms with E-state index < -0.39 is 0 Å². The number of hydrogen-bond acceptors (Lipinski definition) is 4. The van der Waals surface area contributed by atoms with Gasteiger partial charge in [0.15, 0.2) is 0 Å². The Morgan fingerprint density at radius 3 is 2.59 bits per heavy atom. The van der Waals surface area contributed by atoms with Crippen LogP contribution in [0.4, 0.5) is 11.5 Å². The van der Waals surface area contributed by atoms with Crippen LogP contribution in [0.3, 0.4) is 0 Å². The fourth-order valence-electron chi connectivity index (χ4n) is 2.57. The highest BCUT2D eigenvalue weighted by atomic mass is 35.5. The van der Waals surface area contributed by atoms with Crippen LogP contribution in [-0.4, -0.2) is 18.0 Å². The van der Waals surface area contributed by atoms with Crippen molar-refractivity contribution < 1.29 is 9.53 Å². The highest BCUT2D eigenvalue weighted by molar-refractivity contribution is 6.30. The maximum atomic E-state index is 12.5. The monoisotopic (exact) mass is 381 g/mol. The SMILES string of the molecule is COc1ccc(CNc2cc(C(=O)Nc3ccc(Cl)cc3C)ccn2)cc1. The number of methoxy groups -OCH3 is 1. The molecule has 0 aliphatic carbocycles. The molecule has 2 N–H and O–H groups in total. The number of halogens is 1. The van der Waals surface area contributed by atoms with Gasteiger partial charge in [0.25, 0.3) is 5.91 Å². The first-order chi connectivity index (χ1) is 13.0. The van der Waals surface area contributed by atoms with Crippen LogP contribution in [0.2, 0.25) is 5.02 Å². The predicted octanol–water partition coefficient (Wildman–Crippen LogP) is 4.92. The summed E-state index contributed by atoms with van der Waals surface area (Å²) in [4.78, 5) is 16.8. The lowest BCUT2D eigenvalue weighted by molar-refractivity contribution is 0.102. The van der Waals surface area contributed by atoms with Gasteiger partial charge >= 0.3 is 0 Å². The fourth-order valence-corrected chi connectivity index (χ4v) is 2.79. The largest absolute Gasteiger partial charge is 0.497 e. The summed E-state index contributed by atoms with van der Waals surface area (Å²) in [7, 11) is 1.64. The molecule has 3 rings (SSSR count). The molecule has 2 aromatic carbocycles. The van der Waals surface area contributed by atoms with Crippen LogP contribution in [0.15, 0.2) is 60.8 Å². The number of carbonyl (C=O) groups is 1. The lowest BCUT2D eigenvalue weighted by atomic mass is 10.2. The summed E-state index contributed by atoms with van der Waals surface area (Å²) in [6.07, 6.45) is 1.61. The van der Waals surface area contributed by atoms with Crippen LogP contribution >= 0.6 is 11.6 Å². The summed E-state index contributed by atoms with van der Waals surface area (Å²) in [5.74, 6) is 1.25. The molecule has 0 aliphatic rings. The van der Waals surface area contributed by atoms with E-state index in [-0.39, 0.29) is 5.91 Å². The summed E-state index contributed by atoms with van der Waals surface area (Å²) in [5, 5.41) is 6.77. The van der Waals surface area contributed by atoms with Crippen LogP contribution in [0, 0.1) is 6.92 Å². The first kappa shape index (κ1) is 18.7. The Balaban J connectivity index is 1.66. The van der Waals surface area contributed by atoms with E-state index in [1.807, 2.05) is 37.3 Å². The molecule has 0 saturated heterocycles. The van der Waals surface area contributed by atoms with Gasteiger partial charge in [0.1, 0.15) is 11.6 Å². The molecule has 0 radical (unpaired) electrons. The number of carbonyl (C=O) groups excluding carboxylic acids is 1. The van der Waals surface area contributed by atoms with E-state index in [4.69, 9.17) is 16.3 Å². The van der Waals surface area contributed by atoms with E-state index in [1.54, 1.807) is 37.6 Å². The van der Waals surface area contributed by atoms with E-state index in [0.717, 1.165) is 22.6 Å². The van der Waals surface area contributed by atoms with Crippen molar-refractivity contribution in [3.05, 3.63) is 82.5 Å². The van der Waals surface area contributed by atoms with Gasteiger partial charge in [-0.3, -0.25) is 4.79 Å². The zero-order valence-electron chi connectivity index (χ0n) is 15.1. The lowest BCUT2D eigenvalue weighted by Crippen LogP contribution is -2.13. The van der Waals surface area contributed by atoms with Crippen molar-refractivity contribution in [2.75, 3.05) is 17.7 Å². The summed E-state index contributed by atoms with van der Waals surface area (Å²) in [5.41, 5.74) is 3.25. The first-order valence-electron chi connectivity index (χ1n) is 8.45. The molecule has 0 atom stereocenters. The highest BCUT2D eigenvalue weighted by Crippen LogP contribution is 2.20. The molecule has 3 aromatic rings. The Morgan fingerprint density at radius 1 is 1.11 bits per heavy atom. The van der Waals surface area contributed by atoms with E-state index >= 15 is 0 Å². The van der Waals surface area contributed by atoms with Crippen LogP contribution in [-0.2, 0) is 6.54 Å². The first-order valence-corrected chi connectivity index (χ1v) is 8.83. The number of benzene rings is 2. The third-order valence-corrected chi connectivity index (χ3v) is 4.33. The van der Waals surface area contributed by atoms with Gasteiger partial charge in [-0.15, -0.1) is 0 Å². The van der Waals surface area contributed by atoms with Gasteiger partial charge in [0.2, 0.25) is 0 Å². The topological polar surface area (TPSA) is 63.2 Å². The van der Waals surface area contributed by atoms with Gasteiger partial charge in [0.05, 0.1) is 7.11 Å².